The molecule has 0 radical (unpaired) electrons. The topological polar surface area (TPSA) is 94.9 Å². The van der Waals surface area contributed by atoms with Crippen LogP contribution in [0.15, 0.2) is 66.9 Å². The van der Waals surface area contributed by atoms with Gasteiger partial charge in [-0.3, -0.25) is 14.6 Å². The van der Waals surface area contributed by atoms with E-state index in [2.05, 4.69) is 15.6 Å². The number of aryl methyl sites for hydroxylation is 1. The number of nitrogens with one attached hydrogen (secondary N) is 2. The van der Waals surface area contributed by atoms with Gasteiger partial charge in [0.15, 0.2) is 0 Å². The van der Waals surface area contributed by atoms with Gasteiger partial charge >= 0.3 is 0 Å². The van der Waals surface area contributed by atoms with E-state index in [9.17, 15) is 9.59 Å². The quantitative estimate of drug-likeness (QED) is 0.719. The lowest BCUT2D eigenvalue weighted by Gasteiger charge is -2.08. The number of hydrogen-bond acceptors (Lipinski definition) is 4. The number of carbonyl (C=O) groups is 2. The minimum Gasteiger partial charge on any atom is -0.348 e. The van der Waals surface area contributed by atoms with Crippen molar-refractivity contribution >= 4 is 17.5 Å². The molecule has 138 valence electrons. The van der Waals surface area contributed by atoms with E-state index in [0.717, 1.165) is 11.1 Å². The summed E-state index contributed by atoms with van der Waals surface area (Å²) in [7, 11) is 0. The van der Waals surface area contributed by atoms with E-state index in [4.69, 9.17) is 5.26 Å². The van der Waals surface area contributed by atoms with E-state index in [1.165, 1.54) is 12.3 Å². The fourth-order valence-corrected chi connectivity index (χ4v) is 2.56. The molecule has 2 aromatic carbocycles. The number of anilines is 1. The molecule has 0 aliphatic carbocycles. The number of nitriles is 1. The van der Waals surface area contributed by atoms with Gasteiger partial charge in [-0.25, -0.2) is 0 Å². The molecule has 1 aromatic heterocycles. The van der Waals surface area contributed by atoms with Crippen molar-refractivity contribution in [1.82, 2.24) is 10.3 Å². The van der Waals surface area contributed by atoms with Gasteiger partial charge in [-0.15, -0.1) is 0 Å². The standard InChI is InChI=1S/C22H18N4O2/c1-15-6-8-16(9-7-15)14-25-21(27)17-10-11-24-20(12-17)22(28)26-19-5-3-2-4-18(19)13-23/h2-12H,14H2,1H3,(H,25,27)(H,26,28). The van der Waals surface area contributed by atoms with Gasteiger partial charge < -0.3 is 10.6 Å². The predicted molar refractivity (Wildman–Crippen MR) is 106 cm³/mol. The molecular formula is C22H18N4O2. The Labute approximate surface area is 162 Å². The fraction of sp³-hybridized carbons (Fsp3) is 0.0909. The number of rotatable bonds is 5. The van der Waals surface area contributed by atoms with Crippen molar-refractivity contribution in [2.75, 3.05) is 5.32 Å². The van der Waals surface area contributed by atoms with Crippen LogP contribution in [0.25, 0.3) is 0 Å². The maximum atomic E-state index is 12.5. The van der Waals surface area contributed by atoms with Crippen molar-refractivity contribution in [3.63, 3.8) is 0 Å². The number of nitrogens with zero attached hydrogens (tertiary/aromatic N) is 2. The molecule has 6 nitrogen and oxygen atoms in total. The van der Waals surface area contributed by atoms with E-state index < -0.39 is 5.91 Å². The lowest BCUT2D eigenvalue weighted by Crippen LogP contribution is -2.23. The Kier molecular flexibility index (Phi) is 5.78. The summed E-state index contributed by atoms with van der Waals surface area (Å²) >= 11 is 0. The smallest absolute Gasteiger partial charge is 0.274 e. The van der Waals surface area contributed by atoms with Gasteiger partial charge in [-0.1, -0.05) is 42.0 Å². The van der Waals surface area contributed by atoms with Gasteiger partial charge in [0, 0.05) is 18.3 Å². The summed E-state index contributed by atoms with van der Waals surface area (Å²) in [6, 6.07) is 19.5. The zero-order valence-corrected chi connectivity index (χ0v) is 15.3. The number of pyridine rings is 1. The van der Waals surface area contributed by atoms with Crippen LogP contribution in [0.3, 0.4) is 0 Å². The molecule has 0 bridgehead atoms. The summed E-state index contributed by atoms with van der Waals surface area (Å²) in [6.45, 7) is 2.39. The monoisotopic (exact) mass is 370 g/mol. The van der Waals surface area contributed by atoms with E-state index in [0.29, 0.717) is 23.4 Å². The largest absolute Gasteiger partial charge is 0.348 e. The molecule has 0 saturated carbocycles. The van der Waals surface area contributed by atoms with Crippen molar-refractivity contribution in [3.8, 4) is 6.07 Å². The first-order valence-corrected chi connectivity index (χ1v) is 8.67. The average Bonchev–Trinajstić information content (AvgIpc) is 2.73. The van der Waals surface area contributed by atoms with Crippen LogP contribution >= 0.6 is 0 Å². The Bertz CT molecular complexity index is 1050. The third-order valence-electron chi connectivity index (χ3n) is 4.12. The molecule has 0 fully saturated rings. The lowest BCUT2D eigenvalue weighted by atomic mass is 10.1. The zero-order valence-electron chi connectivity index (χ0n) is 15.3. The van der Waals surface area contributed by atoms with Gasteiger partial charge in [0.25, 0.3) is 11.8 Å². The van der Waals surface area contributed by atoms with Crippen LogP contribution in [0.1, 0.15) is 37.5 Å². The number of carbonyl (C=O) groups excluding carboxylic acids is 2. The highest BCUT2D eigenvalue weighted by molar-refractivity contribution is 6.05. The van der Waals surface area contributed by atoms with Crippen LogP contribution in [0.4, 0.5) is 5.69 Å². The number of amides is 2. The molecule has 2 N–H and O–H groups in total. The molecule has 6 heteroatoms. The Morgan fingerprint density at radius 2 is 1.79 bits per heavy atom. The van der Waals surface area contributed by atoms with E-state index in [1.54, 1.807) is 30.3 Å². The summed E-state index contributed by atoms with van der Waals surface area (Å²) in [4.78, 5) is 28.9. The first-order valence-electron chi connectivity index (χ1n) is 8.67. The van der Waals surface area contributed by atoms with E-state index in [1.807, 2.05) is 37.3 Å². The predicted octanol–water partition coefficient (Wildman–Crippen LogP) is 3.44. The molecule has 0 saturated heterocycles. The molecule has 0 aliphatic heterocycles. The summed E-state index contributed by atoms with van der Waals surface area (Å²) < 4.78 is 0. The molecule has 0 spiro atoms. The maximum Gasteiger partial charge on any atom is 0.274 e. The second-order valence-corrected chi connectivity index (χ2v) is 6.21. The van der Waals surface area contributed by atoms with Crippen molar-refractivity contribution in [2.24, 2.45) is 0 Å². The highest BCUT2D eigenvalue weighted by Crippen LogP contribution is 2.15. The molecule has 0 unspecified atom stereocenters. The van der Waals surface area contributed by atoms with Crippen LogP contribution in [-0.4, -0.2) is 16.8 Å². The van der Waals surface area contributed by atoms with Gasteiger partial charge in [0.1, 0.15) is 11.8 Å². The molecule has 3 rings (SSSR count). The number of hydrogen-bond donors (Lipinski definition) is 2. The SMILES string of the molecule is Cc1ccc(CNC(=O)c2ccnc(C(=O)Nc3ccccc3C#N)c2)cc1. The third kappa shape index (κ3) is 4.59. The van der Waals surface area contributed by atoms with Gasteiger partial charge in [-0.2, -0.15) is 5.26 Å². The second-order valence-electron chi connectivity index (χ2n) is 6.21. The maximum absolute atomic E-state index is 12.5. The normalized spacial score (nSPS) is 10.0. The van der Waals surface area contributed by atoms with Crippen molar-refractivity contribution < 1.29 is 9.59 Å². The van der Waals surface area contributed by atoms with Crippen LogP contribution in [0.2, 0.25) is 0 Å². The van der Waals surface area contributed by atoms with E-state index in [-0.39, 0.29) is 11.6 Å². The molecule has 28 heavy (non-hydrogen) atoms. The number of para-hydroxylation sites is 1. The summed E-state index contributed by atoms with van der Waals surface area (Å²) in [5.74, 6) is -0.787. The summed E-state index contributed by atoms with van der Waals surface area (Å²) in [6.07, 6.45) is 1.41. The molecule has 0 atom stereocenters. The van der Waals surface area contributed by atoms with Crippen LogP contribution in [-0.2, 0) is 6.54 Å². The third-order valence-corrected chi connectivity index (χ3v) is 4.12. The second kappa shape index (κ2) is 8.60. The first kappa shape index (κ1) is 18.8. The highest BCUT2D eigenvalue weighted by atomic mass is 16.2. The Morgan fingerprint density at radius 3 is 2.54 bits per heavy atom. The lowest BCUT2D eigenvalue weighted by molar-refractivity contribution is 0.0951. The zero-order chi connectivity index (χ0) is 19.9. The Balaban J connectivity index is 1.69. The fourth-order valence-electron chi connectivity index (χ4n) is 2.56. The Morgan fingerprint density at radius 1 is 1.04 bits per heavy atom. The first-order chi connectivity index (χ1) is 13.6. The van der Waals surface area contributed by atoms with Gasteiger partial charge in [0.05, 0.1) is 11.3 Å². The molecule has 0 aliphatic rings. The van der Waals surface area contributed by atoms with Crippen LogP contribution < -0.4 is 10.6 Å². The molecular weight excluding hydrogens is 352 g/mol. The van der Waals surface area contributed by atoms with Crippen molar-refractivity contribution in [1.29, 1.82) is 5.26 Å². The van der Waals surface area contributed by atoms with Gasteiger partial charge in [0.2, 0.25) is 0 Å². The molecule has 2 amide bonds. The van der Waals surface area contributed by atoms with Crippen LogP contribution in [0.5, 0.6) is 0 Å². The molecule has 1 heterocycles. The average molecular weight is 370 g/mol. The minimum atomic E-state index is -0.490. The highest BCUT2D eigenvalue weighted by Gasteiger charge is 2.13. The van der Waals surface area contributed by atoms with Gasteiger partial charge in [-0.05, 0) is 36.8 Å². The molecule has 3 aromatic rings. The number of aromatic nitrogens is 1. The Hall–Kier alpha value is -3.98. The van der Waals surface area contributed by atoms with Crippen molar-refractivity contribution in [2.45, 2.75) is 13.5 Å². The minimum absolute atomic E-state index is 0.0933. The number of benzene rings is 2. The van der Waals surface area contributed by atoms with E-state index >= 15 is 0 Å². The summed E-state index contributed by atoms with van der Waals surface area (Å²) in [5, 5.41) is 14.6. The van der Waals surface area contributed by atoms with Crippen molar-refractivity contribution in [3.05, 3.63) is 94.8 Å². The van der Waals surface area contributed by atoms with Crippen LogP contribution in [0, 0.1) is 18.3 Å². The summed E-state index contributed by atoms with van der Waals surface area (Å²) in [5.41, 5.74) is 3.31.